The fourth-order valence-electron chi connectivity index (χ4n) is 1.67. The van der Waals surface area contributed by atoms with Crippen molar-refractivity contribution in [1.82, 2.24) is 0 Å². The molecule has 2 rings (SSSR count). The van der Waals surface area contributed by atoms with Crippen LogP contribution in [-0.4, -0.2) is 17.4 Å². The normalized spacial score (nSPS) is 19.4. The molecule has 0 fully saturated rings. The van der Waals surface area contributed by atoms with E-state index < -0.39 is 5.92 Å². The summed E-state index contributed by atoms with van der Waals surface area (Å²) in [5.74, 6) is -1.34. The van der Waals surface area contributed by atoms with Crippen molar-refractivity contribution in [3.05, 3.63) is 29.8 Å². The lowest BCUT2D eigenvalue weighted by atomic mass is 9.90. The maximum absolute atomic E-state index is 11.9. The molecule has 1 aromatic rings. The van der Waals surface area contributed by atoms with Crippen molar-refractivity contribution in [2.45, 2.75) is 6.92 Å². The van der Waals surface area contributed by atoms with E-state index in [1.165, 1.54) is 6.92 Å². The minimum absolute atomic E-state index is 0.0891. The van der Waals surface area contributed by atoms with Gasteiger partial charge in [0.25, 0.3) is 0 Å². The zero-order valence-corrected chi connectivity index (χ0v) is 8.23. The van der Waals surface area contributed by atoms with Crippen LogP contribution in [0.1, 0.15) is 17.3 Å². The fraction of sp³-hybridized carbons (Fsp3) is 0.182. The SMILES string of the molecule is CC(=O)C1C(=O)c2ccccc2N=C1N. The Morgan fingerprint density at radius 2 is 2.07 bits per heavy atom. The highest BCUT2D eigenvalue weighted by Gasteiger charge is 2.33. The number of rotatable bonds is 1. The zero-order chi connectivity index (χ0) is 11.0. The summed E-state index contributed by atoms with van der Waals surface area (Å²) in [5.41, 5.74) is 6.60. The van der Waals surface area contributed by atoms with Crippen LogP contribution in [0.2, 0.25) is 0 Å². The number of ketones is 2. The molecular formula is C11H10N2O2. The molecule has 0 radical (unpaired) electrons. The number of carbonyl (C=O) groups is 2. The summed E-state index contributed by atoms with van der Waals surface area (Å²) in [5, 5.41) is 0. The zero-order valence-electron chi connectivity index (χ0n) is 8.23. The van der Waals surface area contributed by atoms with Crippen LogP contribution in [-0.2, 0) is 4.79 Å². The molecule has 15 heavy (non-hydrogen) atoms. The van der Waals surface area contributed by atoms with Gasteiger partial charge >= 0.3 is 0 Å². The maximum Gasteiger partial charge on any atom is 0.183 e. The van der Waals surface area contributed by atoms with Gasteiger partial charge in [-0.15, -0.1) is 0 Å². The summed E-state index contributed by atoms with van der Waals surface area (Å²) in [6, 6.07) is 6.88. The molecular weight excluding hydrogens is 192 g/mol. The number of carbonyl (C=O) groups excluding carboxylic acids is 2. The van der Waals surface area contributed by atoms with E-state index in [1.807, 2.05) is 0 Å². The highest BCUT2D eigenvalue weighted by molar-refractivity contribution is 6.27. The molecule has 4 heteroatoms. The average Bonchev–Trinajstić information content (AvgIpc) is 2.17. The van der Waals surface area contributed by atoms with Crippen LogP contribution in [0.5, 0.6) is 0 Å². The molecule has 0 aliphatic carbocycles. The molecule has 2 N–H and O–H groups in total. The second-order valence-electron chi connectivity index (χ2n) is 3.46. The standard InChI is InChI=1S/C11H10N2O2/c1-6(14)9-10(15)7-4-2-3-5-8(7)13-11(9)12/h2-5,9H,1H3,(H2,12,13). The summed E-state index contributed by atoms with van der Waals surface area (Å²) < 4.78 is 0. The van der Waals surface area contributed by atoms with Gasteiger partial charge in [-0.3, -0.25) is 9.59 Å². The van der Waals surface area contributed by atoms with Gasteiger partial charge in [0, 0.05) is 5.56 Å². The first-order valence-corrected chi connectivity index (χ1v) is 4.59. The first-order chi connectivity index (χ1) is 7.11. The largest absolute Gasteiger partial charge is 0.386 e. The summed E-state index contributed by atoms with van der Waals surface area (Å²) >= 11 is 0. The molecule has 0 aromatic heterocycles. The number of benzene rings is 1. The molecule has 1 aliphatic rings. The minimum Gasteiger partial charge on any atom is -0.386 e. The molecule has 1 atom stereocenters. The lowest BCUT2D eigenvalue weighted by Gasteiger charge is -2.18. The summed E-state index contributed by atoms with van der Waals surface area (Å²) in [6.45, 7) is 1.35. The first-order valence-electron chi connectivity index (χ1n) is 4.59. The van der Waals surface area contributed by atoms with Crippen LogP contribution in [0, 0.1) is 5.92 Å². The van der Waals surface area contributed by atoms with E-state index in [1.54, 1.807) is 24.3 Å². The van der Waals surface area contributed by atoms with Gasteiger partial charge in [0.1, 0.15) is 17.5 Å². The fourth-order valence-corrected chi connectivity index (χ4v) is 1.67. The number of nitrogens with two attached hydrogens (primary N) is 1. The number of hydrogen-bond acceptors (Lipinski definition) is 4. The number of para-hydroxylation sites is 1. The van der Waals surface area contributed by atoms with Crippen LogP contribution in [0.25, 0.3) is 0 Å². The lowest BCUT2D eigenvalue weighted by Crippen LogP contribution is -2.37. The summed E-state index contributed by atoms with van der Waals surface area (Å²) in [4.78, 5) is 27.2. The molecule has 0 bridgehead atoms. The second-order valence-corrected chi connectivity index (χ2v) is 3.46. The highest BCUT2D eigenvalue weighted by atomic mass is 16.1. The average molecular weight is 202 g/mol. The Kier molecular flexibility index (Phi) is 2.11. The molecule has 1 aromatic carbocycles. The number of nitrogens with zero attached hydrogens (tertiary/aromatic N) is 1. The van der Waals surface area contributed by atoms with Gasteiger partial charge in [0.05, 0.1) is 5.69 Å². The number of fused-ring (bicyclic) bond motifs is 1. The van der Waals surface area contributed by atoms with Crippen molar-refractivity contribution >= 4 is 23.1 Å². The molecule has 1 unspecified atom stereocenters. The summed E-state index contributed by atoms with van der Waals surface area (Å²) in [6.07, 6.45) is 0. The van der Waals surface area contributed by atoms with E-state index in [-0.39, 0.29) is 17.4 Å². The van der Waals surface area contributed by atoms with E-state index in [2.05, 4.69) is 4.99 Å². The van der Waals surface area contributed by atoms with Crippen LogP contribution < -0.4 is 5.73 Å². The van der Waals surface area contributed by atoms with E-state index in [4.69, 9.17) is 5.73 Å². The Hall–Kier alpha value is -1.97. The third-order valence-corrected chi connectivity index (χ3v) is 2.38. The van der Waals surface area contributed by atoms with Crippen LogP contribution in [0.3, 0.4) is 0 Å². The van der Waals surface area contributed by atoms with Gasteiger partial charge in [0.15, 0.2) is 5.78 Å². The van der Waals surface area contributed by atoms with Crippen molar-refractivity contribution in [3.63, 3.8) is 0 Å². The number of hydrogen-bond donors (Lipinski definition) is 1. The van der Waals surface area contributed by atoms with Crippen molar-refractivity contribution in [2.24, 2.45) is 16.6 Å². The minimum atomic E-state index is -0.903. The van der Waals surface area contributed by atoms with Crippen molar-refractivity contribution in [3.8, 4) is 0 Å². The van der Waals surface area contributed by atoms with E-state index in [9.17, 15) is 9.59 Å². The van der Waals surface area contributed by atoms with Gasteiger partial charge in [-0.1, -0.05) is 12.1 Å². The molecule has 0 spiro atoms. The van der Waals surface area contributed by atoms with Crippen molar-refractivity contribution in [1.29, 1.82) is 0 Å². The topological polar surface area (TPSA) is 72.5 Å². The number of amidine groups is 1. The van der Waals surface area contributed by atoms with Crippen molar-refractivity contribution < 1.29 is 9.59 Å². The van der Waals surface area contributed by atoms with Gasteiger partial charge in [-0.05, 0) is 19.1 Å². The Morgan fingerprint density at radius 1 is 1.40 bits per heavy atom. The third kappa shape index (κ3) is 1.44. The van der Waals surface area contributed by atoms with E-state index >= 15 is 0 Å². The molecule has 0 saturated heterocycles. The van der Waals surface area contributed by atoms with Gasteiger partial charge in [0.2, 0.25) is 0 Å². The predicted molar refractivity (Wildman–Crippen MR) is 56.2 cm³/mol. The Morgan fingerprint density at radius 3 is 2.73 bits per heavy atom. The van der Waals surface area contributed by atoms with Crippen LogP contribution in [0.15, 0.2) is 29.3 Å². The Labute approximate surface area is 86.8 Å². The molecule has 0 amide bonds. The van der Waals surface area contributed by atoms with Gasteiger partial charge in [-0.2, -0.15) is 0 Å². The Bertz CT molecular complexity index is 477. The second kappa shape index (κ2) is 3.31. The quantitative estimate of drug-likeness (QED) is 0.692. The molecule has 1 heterocycles. The third-order valence-electron chi connectivity index (χ3n) is 2.38. The van der Waals surface area contributed by atoms with Gasteiger partial charge < -0.3 is 5.73 Å². The molecule has 1 aliphatic heterocycles. The number of Topliss-reactive ketones (excluding diaryl/α,β-unsaturated/α-hetero) is 2. The maximum atomic E-state index is 11.9. The monoisotopic (exact) mass is 202 g/mol. The van der Waals surface area contributed by atoms with E-state index in [0.29, 0.717) is 11.3 Å². The van der Waals surface area contributed by atoms with Crippen LogP contribution >= 0.6 is 0 Å². The molecule has 0 saturated carbocycles. The predicted octanol–water partition coefficient (Wildman–Crippen LogP) is 1.08. The van der Waals surface area contributed by atoms with Crippen molar-refractivity contribution in [2.75, 3.05) is 0 Å². The van der Waals surface area contributed by atoms with Gasteiger partial charge in [-0.25, -0.2) is 4.99 Å². The molecule has 76 valence electrons. The van der Waals surface area contributed by atoms with E-state index in [0.717, 1.165) is 0 Å². The number of aliphatic imine (C=N–C) groups is 1. The Balaban J connectivity index is 2.59. The van der Waals surface area contributed by atoms with Crippen LogP contribution in [0.4, 0.5) is 5.69 Å². The smallest absolute Gasteiger partial charge is 0.183 e. The summed E-state index contributed by atoms with van der Waals surface area (Å²) in [7, 11) is 0. The first kappa shape index (κ1) is 9.58. The molecule has 4 nitrogen and oxygen atoms in total. The highest BCUT2D eigenvalue weighted by Crippen LogP contribution is 2.27. The lowest BCUT2D eigenvalue weighted by molar-refractivity contribution is -0.117.